The molecule has 1 heterocycles. The number of nitrogens with one attached hydrogen (secondary N) is 1. The molecule has 4 heteroatoms. The summed E-state index contributed by atoms with van der Waals surface area (Å²) in [6.45, 7) is 2.98. The summed E-state index contributed by atoms with van der Waals surface area (Å²) < 4.78 is 13.6. The highest BCUT2D eigenvalue weighted by molar-refractivity contribution is 7.14. The fraction of sp³-hybridized carbons (Fsp3) is 0.286. The standard InChI is InChI=1S/C14H15ClFNS/c1-10(12-8-14(15)18-9-12)17-7-6-11-2-4-13(16)5-3-11/h2-5,8-10,17H,6-7H2,1H3. The van der Waals surface area contributed by atoms with E-state index in [0.29, 0.717) is 0 Å². The molecule has 0 amide bonds. The summed E-state index contributed by atoms with van der Waals surface area (Å²) in [5.74, 6) is -0.187. The molecule has 1 aromatic heterocycles. The van der Waals surface area contributed by atoms with Gasteiger partial charge < -0.3 is 5.32 Å². The van der Waals surface area contributed by atoms with Gasteiger partial charge in [0.25, 0.3) is 0 Å². The predicted molar refractivity (Wildman–Crippen MR) is 75.9 cm³/mol. The maximum absolute atomic E-state index is 12.7. The van der Waals surface area contributed by atoms with Crippen LogP contribution in [0.15, 0.2) is 35.7 Å². The van der Waals surface area contributed by atoms with Gasteiger partial charge in [-0.1, -0.05) is 23.7 Å². The van der Waals surface area contributed by atoms with E-state index in [1.54, 1.807) is 11.3 Å². The molecule has 18 heavy (non-hydrogen) atoms. The fourth-order valence-electron chi connectivity index (χ4n) is 1.75. The van der Waals surface area contributed by atoms with Crippen molar-refractivity contribution in [1.29, 1.82) is 0 Å². The van der Waals surface area contributed by atoms with Gasteiger partial charge in [-0.15, -0.1) is 11.3 Å². The Bertz CT molecular complexity index is 495. The average molecular weight is 284 g/mol. The number of hydrogen-bond acceptors (Lipinski definition) is 2. The lowest BCUT2D eigenvalue weighted by Crippen LogP contribution is -2.20. The quantitative estimate of drug-likeness (QED) is 0.856. The molecular weight excluding hydrogens is 269 g/mol. The molecule has 96 valence electrons. The minimum Gasteiger partial charge on any atom is -0.310 e. The van der Waals surface area contributed by atoms with E-state index in [4.69, 9.17) is 11.6 Å². The monoisotopic (exact) mass is 283 g/mol. The Hall–Kier alpha value is -0.900. The molecule has 0 fully saturated rings. The molecular formula is C14H15ClFNS. The Balaban J connectivity index is 1.80. The van der Waals surface area contributed by atoms with Gasteiger partial charge in [-0.3, -0.25) is 0 Å². The Labute approximate surface area is 116 Å². The number of benzene rings is 1. The summed E-state index contributed by atoms with van der Waals surface area (Å²) >= 11 is 7.45. The van der Waals surface area contributed by atoms with Crippen molar-refractivity contribution in [2.75, 3.05) is 6.54 Å². The van der Waals surface area contributed by atoms with Crippen molar-refractivity contribution in [3.63, 3.8) is 0 Å². The molecule has 1 aromatic carbocycles. The van der Waals surface area contributed by atoms with Crippen molar-refractivity contribution in [1.82, 2.24) is 5.32 Å². The van der Waals surface area contributed by atoms with Gasteiger partial charge in [0.2, 0.25) is 0 Å². The van der Waals surface area contributed by atoms with Crippen molar-refractivity contribution in [2.24, 2.45) is 0 Å². The summed E-state index contributed by atoms with van der Waals surface area (Å²) in [5.41, 5.74) is 2.35. The van der Waals surface area contributed by atoms with E-state index >= 15 is 0 Å². The van der Waals surface area contributed by atoms with Gasteiger partial charge in [0.05, 0.1) is 4.34 Å². The van der Waals surface area contributed by atoms with Crippen LogP contribution >= 0.6 is 22.9 Å². The molecule has 2 rings (SSSR count). The topological polar surface area (TPSA) is 12.0 Å². The van der Waals surface area contributed by atoms with Crippen LogP contribution in [0.5, 0.6) is 0 Å². The van der Waals surface area contributed by atoms with Crippen LogP contribution in [-0.2, 0) is 6.42 Å². The Morgan fingerprint density at radius 3 is 2.67 bits per heavy atom. The van der Waals surface area contributed by atoms with Crippen LogP contribution in [-0.4, -0.2) is 6.54 Å². The van der Waals surface area contributed by atoms with E-state index in [2.05, 4.69) is 17.6 Å². The second-order valence-electron chi connectivity index (χ2n) is 4.24. The first kappa shape index (κ1) is 13.5. The Kier molecular flexibility index (Phi) is 4.75. The van der Waals surface area contributed by atoms with Crippen LogP contribution in [0.2, 0.25) is 4.34 Å². The van der Waals surface area contributed by atoms with E-state index < -0.39 is 0 Å². The Morgan fingerprint density at radius 1 is 1.33 bits per heavy atom. The number of rotatable bonds is 5. The van der Waals surface area contributed by atoms with Crippen molar-refractivity contribution in [3.8, 4) is 0 Å². The molecule has 0 aliphatic heterocycles. The molecule has 1 nitrogen and oxygen atoms in total. The van der Waals surface area contributed by atoms with Crippen molar-refractivity contribution >= 4 is 22.9 Å². The molecule has 1 atom stereocenters. The molecule has 0 bridgehead atoms. The molecule has 0 saturated heterocycles. The summed E-state index contributed by atoms with van der Waals surface area (Å²) in [7, 11) is 0. The van der Waals surface area contributed by atoms with Crippen LogP contribution < -0.4 is 5.32 Å². The maximum atomic E-state index is 12.7. The van der Waals surface area contributed by atoms with Crippen LogP contribution in [0.1, 0.15) is 24.1 Å². The highest BCUT2D eigenvalue weighted by Gasteiger charge is 2.06. The molecule has 1 N–H and O–H groups in total. The van der Waals surface area contributed by atoms with Gasteiger partial charge in [0.1, 0.15) is 5.82 Å². The summed E-state index contributed by atoms with van der Waals surface area (Å²) in [4.78, 5) is 0. The Morgan fingerprint density at radius 2 is 2.06 bits per heavy atom. The summed E-state index contributed by atoms with van der Waals surface area (Å²) in [6, 6.07) is 8.91. The zero-order chi connectivity index (χ0) is 13.0. The molecule has 0 aliphatic rings. The second kappa shape index (κ2) is 6.32. The molecule has 1 unspecified atom stereocenters. The van der Waals surface area contributed by atoms with Gasteiger partial charge in [0.15, 0.2) is 0 Å². The van der Waals surface area contributed by atoms with Crippen LogP contribution in [0, 0.1) is 5.82 Å². The lowest BCUT2D eigenvalue weighted by Gasteiger charge is -2.12. The lowest BCUT2D eigenvalue weighted by atomic mass is 10.1. The number of halogens is 2. The van der Waals surface area contributed by atoms with Gasteiger partial charge in [-0.25, -0.2) is 4.39 Å². The smallest absolute Gasteiger partial charge is 0.123 e. The minimum absolute atomic E-state index is 0.187. The second-order valence-corrected chi connectivity index (χ2v) is 5.78. The molecule has 0 aliphatic carbocycles. The van der Waals surface area contributed by atoms with Crippen LogP contribution in [0.25, 0.3) is 0 Å². The first-order valence-corrected chi connectivity index (χ1v) is 7.12. The third-order valence-corrected chi connectivity index (χ3v) is 3.97. The van der Waals surface area contributed by atoms with Crippen molar-refractivity contribution < 1.29 is 4.39 Å². The van der Waals surface area contributed by atoms with E-state index in [-0.39, 0.29) is 11.9 Å². The molecule has 0 radical (unpaired) electrons. The number of hydrogen-bond donors (Lipinski definition) is 1. The molecule has 2 aromatic rings. The van der Waals surface area contributed by atoms with Crippen LogP contribution in [0.4, 0.5) is 4.39 Å². The first-order valence-electron chi connectivity index (χ1n) is 5.87. The van der Waals surface area contributed by atoms with E-state index in [0.717, 1.165) is 22.9 Å². The largest absolute Gasteiger partial charge is 0.310 e. The third kappa shape index (κ3) is 3.80. The summed E-state index contributed by atoms with van der Waals surface area (Å²) in [5, 5.41) is 5.50. The zero-order valence-corrected chi connectivity index (χ0v) is 11.7. The fourth-order valence-corrected chi connectivity index (χ4v) is 2.74. The van der Waals surface area contributed by atoms with Gasteiger partial charge in [-0.05, 0) is 54.6 Å². The number of thiophene rings is 1. The highest BCUT2D eigenvalue weighted by atomic mass is 35.5. The van der Waals surface area contributed by atoms with E-state index in [9.17, 15) is 4.39 Å². The van der Waals surface area contributed by atoms with E-state index in [1.807, 2.05) is 18.2 Å². The highest BCUT2D eigenvalue weighted by Crippen LogP contribution is 2.24. The maximum Gasteiger partial charge on any atom is 0.123 e. The van der Waals surface area contributed by atoms with Crippen LogP contribution in [0.3, 0.4) is 0 Å². The third-order valence-electron chi connectivity index (χ3n) is 2.87. The van der Waals surface area contributed by atoms with Crippen molar-refractivity contribution in [2.45, 2.75) is 19.4 Å². The van der Waals surface area contributed by atoms with Gasteiger partial charge >= 0.3 is 0 Å². The predicted octanol–water partition coefficient (Wildman–Crippen LogP) is 4.43. The molecule has 0 saturated carbocycles. The average Bonchev–Trinajstić information content (AvgIpc) is 2.78. The SMILES string of the molecule is CC(NCCc1ccc(F)cc1)c1csc(Cl)c1. The van der Waals surface area contributed by atoms with Crippen molar-refractivity contribution in [3.05, 3.63) is 57.0 Å². The van der Waals surface area contributed by atoms with E-state index in [1.165, 1.54) is 17.7 Å². The normalized spacial score (nSPS) is 12.6. The lowest BCUT2D eigenvalue weighted by molar-refractivity contribution is 0.577. The first-order chi connectivity index (χ1) is 8.65. The zero-order valence-electron chi connectivity index (χ0n) is 10.1. The van der Waals surface area contributed by atoms with Gasteiger partial charge in [-0.2, -0.15) is 0 Å². The molecule has 0 spiro atoms. The van der Waals surface area contributed by atoms with Gasteiger partial charge in [0, 0.05) is 6.04 Å². The summed E-state index contributed by atoms with van der Waals surface area (Å²) in [6.07, 6.45) is 0.891. The minimum atomic E-state index is -0.187.